The molecule has 2 aromatic heterocycles. The van der Waals surface area contributed by atoms with Crippen LogP contribution in [0.5, 0.6) is 0 Å². The summed E-state index contributed by atoms with van der Waals surface area (Å²) in [7, 11) is 0. The predicted octanol–water partition coefficient (Wildman–Crippen LogP) is 6.54. The van der Waals surface area contributed by atoms with Crippen molar-refractivity contribution in [3.63, 3.8) is 0 Å². The van der Waals surface area contributed by atoms with Crippen molar-refractivity contribution >= 4 is 22.9 Å². The zero-order chi connectivity index (χ0) is 28.0. The van der Waals surface area contributed by atoms with Gasteiger partial charge in [-0.2, -0.15) is 0 Å². The number of carbonyl (C=O) groups excluding carboxylic acids is 2. The molecule has 2 heterocycles. The van der Waals surface area contributed by atoms with Crippen molar-refractivity contribution in [2.75, 3.05) is 0 Å². The van der Waals surface area contributed by atoms with Gasteiger partial charge in [-0.15, -0.1) is 0 Å². The molecule has 3 N–H and O–H groups in total. The highest BCUT2D eigenvalue weighted by atomic mass is 16.5. The van der Waals surface area contributed by atoms with E-state index in [1.165, 1.54) is 6.42 Å². The topological polar surface area (TPSA) is 96.1 Å². The van der Waals surface area contributed by atoms with Crippen molar-refractivity contribution in [3.05, 3.63) is 102 Å². The number of amides is 2. The zero-order valence-corrected chi connectivity index (χ0v) is 23.3. The third-order valence-electron chi connectivity index (χ3n) is 8.13. The van der Waals surface area contributed by atoms with Gasteiger partial charge in [-0.1, -0.05) is 67.8 Å². The minimum absolute atomic E-state index is 0.127. The lowest BCUT2D eigenvalue weighted by atomic mass is 9.81. The number of aromatic nitrogens is 2. The lowest BCUT2D eigenvalue weighted by Crippen LogP contribution is -2.59. The quantitative estimate of drug-likeness (QED) is 0.226. The van der Waals surface area contributed by atoms with E-state index in [0.29, 0.717) is 6.42 Å². The van der Waals surface area contributed by atoms with Crippen LogP contribution < -0.4 is 10.6 Å². The van der Waals surface area contributed by atoms with Gasteiger partial charge in [0.2, 0.25) is 5.91 Å². The number of para-hydroxylation sites is 1. The van der Waals surface area contributed by atoms with E-state index in [9.17, 15) is 9.59 Å². The van der Waals surface area contributed by atoms with Gasteiger partial charge in [0.15, 0.2) is 0 Å². The van der Waals surface area contributed by atoms with Crippen molar-refractivity contribution in [1.29, 1.82) is 0 Å². The number of nitrogens with zero attached hydrogens (tertiary/aromatic N) is 1. The number of aryl methyl sites for hydroxylation is 1. The van der Waals surface area contributed by atoms with Gasteiger partial charge < -0.3 is 20.4 Å². The zero-order valence-electron chi connectivity index (χ0n) is 23.3. The first-order chi connectivity index (χ1) is 19.4. The van der Waals surface area contributed by atoms with Gasteiger partial charge in [0.05, 0.1) is 11.7 Å². The van der Waals surface area contributed by atoms with Crippen LogP contribution >= 0.6 is 0 Å². The van der Waals surface area contributed by atoms with E-state index in [1.54, 1.807) is 13.1 Å². The van der Waals surface area contributed by atoms with Crippen LogP contribution in [0.2, 0.25) is 0 Å². The van der Waals surface area contributed by atoms with Gasteiger partial charge in [0.1, 0.15) is 12.1 Å². The van der Waals surface area contributed by atoms with Gasteiger partial charge in [-0.3, -0.25) is 9.78 Å². The minimum Gasteiger partial charge on any atom is -0.445 e. The summed E-state index contributed by atoms with van der Waals surface area (Å²) in [6.45, 7) is 3.88. The molecule has 0 radical (unpaired) electrons. The Labute approximate surface area is 235 Å². The van der Waals surface area contributed by atoms with Crippen LogP contribution in [0.15, 0.2) is 79.1 Å². The molecule has 0 saturated heterocycles. The standard InChI is InChI=1S/C33H38N4O3/c1-23-12-6-7-15-25(23)22-40-32(39)37-33(2,20-26-21-35-28-17-9-8-16-27(26)28)31(38)36-30(24-13-4-3-5-14-24)29-18-10-11-19-34-29/h6-12,15-19,21,24,30,35H,3-5,13-14,20,22H2,1-2H3,(H,36,38)(H,37,39)/t30?,33-/m0/s1. The number of rotatable bonds is 9. The number of benzene rings is 2. The summed E-state index contributed by atoms with van der Waals surface area (Å²) in [5.74, 6) is 0.0322. The number of H-pyrrole nitrogens is 1. The number of pyridine rings is 1. The van der Waals surface area contributed by atoms with Crippen molar-refractivity contribution in [1.82, 2.24) is 20.6 Å². The van der Waals surface area contributed by atoms with E-state index in [2.05, 4.69) is 20.6 Å². The maximum atomic E-state index is 14.2. The molecule has 1 unspecified atom stereocenters. The molecule has 1 aliphatic carbocycles. The van der Waals surface area contributed by atoms with E-state index in [1.807, 2.05) is 79.9 Å². The Balaban J connectivity index is 1.41. The fourth-order valence-corrected chi connectivity index (χ4v) is 5.78. The van der Waals surface area contributed by atoms with Crippen LogP contribution in [-0.2, 0) is 22.6 Å². The molecule has 4 aromatic rings. The molecule has 2 amide bonds. The number of aromatic amines is 1. The van der Waals surface area contributed by atoms with E-state index < -0.39 is 11.6 Å². The molecule has 1 fully saturated rings. The molecular formula is C33H38N4O3. The second-order valence-electron chi connectivity index (χ2n) is 11.1. The molecule has 40 heavy (non-hydrogen) atoms. The summed E-state index contributed by atoms with van der Waals surface area (Å²) in [6, 6.07) is 21.3. The molecule has 0 aliphatic heterocycles. The fraction of sp³-hybridized carbons (Fsp3) is 0.364. The van der Waals surface area contributed by atoms with Crippen molar-refractivity contribution in [2.24, 2.45) is 5.92 Å². The monoisotopic (exact) mass is 538 g/mol. The van der Waals surface area contributed by atoms with Gasteiger partial charge in [-0.05, 0) is 67.5 Å². The fourth-order valence-electron chi connectivity index (χ4n) is 5.78. The van der Waals surface area contributed by atoms with Gasteiger partial charge in [0, 0.05) is 29.7 Å². The number of alkyl carbamates (subject to hydrolysis) is 1. The third-order valence-corrected chi connectivity index (χ3v) is 8.13. The Morgan fingerprint density at radius 2 is 1.75 bits per heavy atom. The molecule has 2 atom stereocenters. The van der Waals surface area contributed by atoms with Gasteiger partial charge in [-0.25, -0.2) is 4.79 Å². The van der Waals surface area contributed by atoms with Crippen LogP contribution in [0, 0.1) is 12.8 Å². The third kappa shape index (κ3) is 6.36. The number of hydrogen-bond donors (Lipinski definition) is 3. The van der Waals surface area contributed by atoms with Crippen molar-refractivity contribution in [3.8, 4) is 0 Å². The van der Waals surface area contributed by atoms with Gasteiger partial charge in [0.25, 0.3) is 0 Å². The van der Waals surface area contributed by atoms with E-state index in [-0.39, 0.29) is 24.5 Å². The largest absolute Gasteiger partial charge is 0.445 e. The summed E-state index contributed by atoms with van der Waals surface area (Å²) in [5.41, 5.74) is 3.47. The van der Waals surface area contributed by atoms with Crippen LogP contribution in [0.1, 0.15) is 67.5 Å². The number of nitrogens with one attached hydrogen (secondary N) is 3. The molecule has 2 aromatic carbocycles. The summed E-state index contributed by atoms with van der Waals surface area (Å²) < 4.78 is 5.62. The van der Waals surface area contributed by atoms with Crippen LogP contribution in [-0.4, -0.2) is 27.5 Å². The Kier molecular flexibility index (Phi) is 8.48. The molecule has 5 rings (SSSR count). The Morgan fingerprint density at radius 3 is 2.52 bits per heavy atom. The maximum absolute atomic E-state index is 14.2. The summed E-state index contributed by atoms with van der Waals surface area (Å²) in [5, 5.41) is 7.27. The molecule has 1 aliphatic rings. The van der Waals surface area contributed by atoms with Crippen LogP contribution in [0.4, 0.5) is 4.79 Å². The number of carbonyl (C=O) groups is 2. The highest BCUT2D eigenvalue weighted by Crippen LogP contribution is 2.34. The maximum Gasteiger partial charge on any atom is 0.408 e. The van der Waals surface area contributed by atoms with Crippen molar-refractivity contribution in [2.45, 2.75) is 70.6 Å². The van der Waals surface area contributed by atoms with Crippen LogP contribution in [0.25, 0.3) is 10.9 Å². The highest BCUT2D eigenvalue weighted by Gasteiger charge is 2.39. The molecule has 0 bridgehead atoms. The average Bonchev–Trinajstić information content (AvgIpc) is 3.38. The predicted molar refractivity (Wildman–Crippen MR) is 157 cm³/mol. The summed E-state index contributed by atoms with van der Waals surface area (Å²) >= 11 is 0. The van der Waals surface area contributed by atoms with Crippen molar-refractivity contribution < 1.29 is 14.3 Å². The normalized spacial score (nSPS) is 16.1. The Morgan fingerprint density at radius 1 is 1.00 bits per heavy atom. The lowest BCUT2D eigenvalue weighted by molar-refractivity contribution is -0.128. The second kappa shape index (κ2) is 12.4. The lowest BCUT2D eigenvalue weighted by Gasteiger charge is -2.35. The molecular weight excluding hydrogens is 500 g/mol. The second-order valence-corrected chi connectivity index (χ2v) is 11.1. The molecule has 1 saturated carbocycles. The minimum atomic E-state index is -1.27. The molecule has 7 nitrogen and oxygen atoms in total. The Hall–Kier alpha value is -4.13. The molecule has 0 spiro atoms. The summed E-state index contributed by atoms with van der Waals surface area (Å²) in [4.78, 5) is 35.3. The number of fused-ring (bicyclic) bond motifs is 1. The van der Waals surface area contributed by atoms with E-state index in [4.69, 9.17) is 4.74 Å². The Bertz CT molecular complexity index is 1440. The first-order valence-electron chi connectivity index (χ1n) is 14.2. The van der Waals surface area contributed by atoms with Gasteiger partial charge >= 0.3 is 6.09 Å². The van der Waals surface area contributed by atoms with Crippen LogP contribution in [0.3, 0.4) is 0 Å². The van der Waals surface area contributed by atoms with E-state index >= 15 is 0 Å². The SMILES string of the molecule is Cc1ccccc1COC(=O)N[C@@](C)(Cc1c[nH]c2ccccc12)C(=O)NC(c1ccccn1)C1CCCCC1. The molecule has 208 valence electrons. The first-order valence-corrected chi connectivity index (χ1v) is 14.2. The number of ether oxygens (including phenoxy) is 1. The average molecular weight is 539 g/mol. The van der Waals surface area contributed by atoms with E-state index in [0.717, 1.165) is 59.0 Å². The highest BCUT2D eigenvalue weighted by molar-refractivity contribution is 5.91. The summed E-state index contributed by atoms with van der Waals surface area (Å²) in [6.07, 6.45) is 8.90. The molecule has 7 heteroatoms. The smallest absolute Gasteiger partial charge is 0.408 e. The number of hydrogen-bond acceptors (Lipinski definition) is 4. The first kappa shape index (κ1) is 27.4.